The summed E-state index contributed by atoms with van der Waals surface area (Å²) in [5, 5.41) is 21.1. The average molecular weight is 958 g/mol. The topological polar surface area (TPSA) is 15.3 Å². The SMILES string of the molecule is Clc1cccc(Br)c1Cl.Clc1cccc(N(c2ccccc2)c2ccc3ccc4cccc5ccc2c3c45)c1Cl.c1ccc(Nc2ccc3ccc4cccc5ccc2c3c45)cc1. The van der Waals surface area contributed by atoms with Crippen LogP contribution in [-0.4, -0.2) is 0 Å². The zero-order chi connectivity index (χ0) is 43.0. The van der Waals surface area contributed by atoms with Crippen molar-refractivity contribution in [3.05, 3.63) is 231 Å². The molecule has 0 aromatic heterocycles. The van der Waals surface area contributed by atoms with Crippen LogP contribution in [0.5, 0.6) is 0 Å². The summed E-state index contributed by atoms with van der Waals surface area (Å²) >= 11 is 27.7. The van der Waals surface area contributed by atoms with Crippen molar-refractivity contribution in [2.45, 2.75) is 0 Å². The Balaban J connectivity index is 0.000000129. The molecule has 7 heteroatoms. The molecule has 12 aromatic carbocycles. The van der Waals surface area contributed by atoms with Gasteiger partial charge in [0.2, 0.25) is 0 Å². The standard InChI is InChI=1S/C28H17Cl2N.C22H15N.C6H3BrCl2/c29-23-10-5-11-25(28(23)30)31(21-8-2-1-3-9-21)24-17-15-20-13-12-18-6-4-7-19-14-16-22(24)27(20)26(18)19;1-2-7-18(8-3-1)23-20-14-12-17-10-9-15-5-4-6-16-11-13-19(20)22(17)21(15)16;7-4-2-1-3-5(8)6(4)9/h1-17H;1-14,23H;1-3H. The fourth-order valence-electron chi connectivity index (χ4n) is 8.56. The first kappa shape index (κ1) is 41.0. The van der Waals surface area contributed by atoms with Crippen molar-refractivity contribution in [3.8, 4) is 0 Å². The highest BCUT2D eigenvalue weighted by Crippen LogP contribution is 2.47. The minimum absolute atomic E-state index is 0.540. The molecule has 1 N–H and O–H groups in total. The second-order valence-electron chi connectivity index (χ2n) is 15.2. The number of halogens is 5. The lowest BCUT2D eigenvalue weighted by atomic mass is 9.93. The van der Waals surface area contributed by atoms with Gasteiger partial charge in [-0.2, -0.15) is 0 Å². The lowest BCUT2D eigenvalue weighted by Gasteiger charge is -2.28. The molecule has 0 spiro atoms. The number of nitrogens with zero attached hydrogens (tertiary/aromatic N) is 1. The van der Waals surface area contributed by atoms with E-state index in [1.165, 1.54) is 64.6 Å². The Kier molecular flexibility index (Phi) is 11.5. The van der Waals surface area contributed by atoms with Crippen molar-refractivity contribution in [3.63, 3.8) is 0 Å². The number of hydrogen-bond donors (Lipinski definition) is 1. The molecule has 0 atom stereocenters. The zero-order valence-corrected chi connectivity index (χ0v) is 38.1. The van der Waals surface area contributed by atoms with Gasteiger partial charge in [0.15, 0.2) is 0 Å². The van der Waals surface area contributed by atoms with Crippen LogP contribution in [0, 0.1) is 0 Å². The summed E-state index contributed by atoms with van der Waals surface area (Å²) in [6.07, 6.45) is 0. The van der Waals surface area contributed by atoms with E-state index in [0.717, 1.165) is 32.9 Å². The first-order chi connectivity index (χ1) is 30.8. The summed E-state index contributed by atoms with van der Waals surface area (Å²) in [7, 11) is 0. The molecular weight excluding hydrogens is 922 g/mol. The average Bonchev–Trinajstić information content (AvgIpc) is 3.32. The van der Waals surface area contributed by atoms with Crippen molar-refractivity contribution in [1.29, 1.82) is 0 Å². The number of benzene rings is 12. The van der Waals surface area contributed by atoms with Crippen molar-refractivity contribution >= 4 is 155 Å². The third kappa shape index (κ3) is 7.86. The maximum Gasteiger partial charge on any atom is 0.0832 e. The molecule has 12 aromatic rings. The molecule has 0 unspecified atom stereocenters. The van der Waals surface area contributed by atoms with Crippen molar-refractivity contribution in [1.82, 2.24) is 0 Å². The van der Waals surface area contributed by atoms with Crippen molar-refractivity contribution in [2.24, 2.45) is 0 Å². The second-order valence-corrected chi connectivity index (χ2v) is 17.6. The summed E-state index contributed by atoms with van der Waals surface area (Å²) in [4.78, 5) is 2.19. The Morgan fingerprint density at radius 1 is 0.349 bits per heavy atom. The van der Waals surface area contributed by atoms with Crippen LogP contribution in [0.1, 0.15) is 0 Å². The van der Waals surface area contributed by atoms with E-state index in [1.807, 2.05) is 54.6 Å². The van der Waals surface area contributed by atoms with E-state index in [0.29, 0.717) is 20.1 Å². The number of hydrogen-bond acceptors (Lipinski definition) is 2. The number of rotatable bonds is 5. The van der Waals surface area contributed by atoms with Gasteiger partial charge in [-0.3, -0.25) is 0 Å². The van der Waals surface area contributed by atoms with E-state index >= 15 is 0 Å². The van der Waals surface area contributed by atoms with Gasteiger partial charge in [0.1, 0.15) is 0 Å². The van der Waals surface area contributed by atoms with Gasteiger partial charge >= 0.3 is 0 Å². The number of nitrogens with one attached hydrogen (secondary N) is 1. The quantitative estimate of drug-likeness (QED) is 0.137. The molecule has 2 nitrogen and oxygen atoms in total. The molecule has 0 fully saturated rings. The normalized spacial score (nSPS) is 11.3. The van der Waals surface area contributed by atoms with Gasteiger partial charge in [-0.1, -0.05) is 192 Å². The van der Waals surface area contributed by atoms with Gasteiger partial charge < -0.3 is 10.2 Å². The van der Waals surface area contributed by atoms with E-state index < -0.39 is 0 Å². The van der Waals surface area contributed by atoms with E-state index in [2.05, 4.69) is 172 Å². The molecule has 0 heterocycles. The van der Waals surface area contributed by atoms with Crippen LogP contribution in [0.4, 0.5) is 28.4 Å². The highest BCUT2D eigenvalue weighted by atomic mass is 79.9. The minimum atomic E-state index is 0.540. The van der Waals surface area contributed by atoms with Gasteiger partial charge in [0.25, 0.3) is 0 Å². The Bertz CT molecular complexity index is 3510. The van der Waals surface area contributed by atoms with Gasteiger partial charge in [0.05, 0.1) is 31.5 Å². The predicted molar refractivity (Wildman–Crippen MR) is 279 cm³/mol. The minimum Gasteiger partial charge on any atom is -0.355 e. The molecule has 63 heavy (non-hydrogen) atoms. The zero-order valence-electron chi connectivity index (χ0n) is 33.5. The fraction of sp³-hybridized carbons (Fsp3) is 0. The summed E-state index contributed by atoms with van der Waals surface area (Å²) < 4.78 is 0.830. The molecule has 304 valence electrons. The van der Waals surface area contributed by atoms with Crippen molar-refractivity contribution in [2.75, 3.05) is 10.2 Å². The van der Waals surface area contributed by atoms with Crippen LogP contribution in [0.25, 0.3) is 64.6 Å². The number of anilines is 5. The Morgan fingerprint density at radius 2 is 0.810 bits per heavy atom. The molecule has 0 amide bonds. The van der Waals surface area contributed by atoms with Crippen LogP contribution < -0.4 is 10.2 Å². The fourth-order valence-corrected chi connectivity index (χ4v) is 9.72. The van der Waals surface area contributed by atoms with E-state index in [1.54, 1.807) is 6.07 Å². The van der Waals surface area contributed by atoms with E-state index in [4.69, 9.17) is 46.4 Å². The highest BCUT2D eigenvalue weighted by Gasteiger charge is 2.21. The first-order valence-electron chi connectivity index (χ1n) is 20.4. The summed E-state index contributed by atoms with van der Waals surface area (Å²) in [6.45, 7) is 0. The summed E-state index contributed by atoms with van der Waals surface area (Å²) in [5.74, 6) is 0. The molecule has 12 rings (SSSR count). The van der Waals surface area contributed by atoms with Crippen LogP contribution in [-0.2, 0) is 0 Å². The van der Waals surface area contributed by atoms with E-state index in [-0.39, 0.29) is 0 Å². The third-order valence-electron chi connectivity index (χ3n) is 11.4. The van der Waals surface area contributed by atoms with Gasteiger partial charge in [0, 0.05) is 32.3 Å². The Labute approximate surface area is 393 Å². The van der Waals surface area contributed by atoms with Gasteiger partial charge in [-0.05, 0) is 130 Å². The molecule has 0 aliphatic rings. The largest absolute Gasteiger partial charge is 0.355 e. The lowest BCUT2D eigenvalue weighted by Crippen LogP contribution is -2.11. The predicted octanol–water partition coefficient (Wildman–Crippen LogP) is 19.4. The van der Waals surface area contributed by atoms with Crippen LogP contribution in [0.3, 0.4) is 0 Å². The Hall–Kier alpha value is -6.04. The molecule has 0 aliphatic heterocycles. The molecule has 0 aliphatic carbocycles. The summed E-state index contributed by atoms with van der Waals surface area (Å²) in [6, 6.07) is 71.3. The maximum absolute atomic E-state index is 6.72. The number of para-hydroxylation sites is 2. The maximum atomic E-state index is 6.72. The first-order valence-corrected chi connectivity index (χ1v) is 22.7. The molecular formula is C56H35BrCl4N2. The third-order valence-corrected chi connectivity index (χ3v) is 13.9. The molecule has 0 radical (unpaired) electrons. The molecule has 0 saturated carbocycles. The van der Waals surface area contributed by atoms with Crippen molar-refractivity contribution < 1.29 is 0 Å². The highest BCUT2D eigenvalue weighted by molar-refractivity contribution is 9.10. The van der Waals surface area contributed by atoms with Gasteiger partial charge in [-0.15, -0.1) is 0 Å². The van der Waals surface area contributed by atoms with Crippen LogP contribution in [0.15, 0.2) is 211 Å². The monoisotopic (exact) mass is 954 g/mol. The lowest BCUT2D eigenvalue weighted by molar-refractivity contribution is 1.30. The summed E-state index contributed by atoms with van der Waals surface area (Å²) in [5.41, 5.74) is 5.22. The van der Waals surface area contributed by atoms with E-state index in [9.17, 15) is 0 Å². The Morgan fingerprint density at radius 3 is 1.40 bits per heavy atom. The van der Waals surface area contributed by atoms with Gasteiger partial charge in [-0.25, -0.2) is 0 Å². The van der Waals surface area contributed by atoms with Crippen LogP contribution >= 0.6 is 62.3 Å². The molecule has 0 saturated heterocycles. The van der Waals surface area contributed by atoms with Crippen LogP contribution in [0.2, 0.25) is 20.1 Å². The molecule has 0 bridgehead atoms. The smallest absolute Gasteiger partial charge is 0.0832 e. The second kappa shape index (κ2) is 17.6.